The molecule has 0 aliphatic carbocycles. The third-order valence-corrected chi connectivity index (χ3v) is 4.36. The second-order valence-electron chi connectivity index (χ2n) is 5.41. The number of thiophene rings is 1. The summed E-state index contributed by atoms with van der Waals surface area (Å²) in [5.41, 5.74) is 5.21. The lowest BCUT2D eigenvalue weighted by Crippen LogP contribution is -2.44. The first kappa shape index (κ1) is 16.5. The molecule has 1 unspecified atom stereocenters. The number of hydrogen-bond acceptors (Lipinski definition) is 4. The quantitative estimate of drug-likeness (QED) is 0.877. The van der Waals surface area contributed by atoms with Gasteiger partial charge in [0, 0.05) is 33.2 Å². The lowest BCUT2D eigenvalue weighted by Gasteiger charge is -2.22. The zero-order chi connectivity index (χ0) is 14.6. The minimum atomic E-state index is -0.497. The van der Waals surface area contributed by atoms with E-state index in [9.17, 15) is 4.79 Å². The average Bonchev–Trinajstić information content (AvgIpc) is 2.53. The van der Waals surface area contributed by atoms with Crippen LogP contribution in [-0.2, 0) is 11.2 Å². The molecule has 0 aliphatic rings. The van der Waals surface area contributed by atoms with E-state index in [4.69, 9.17) is 10.5 Å². The maximum atomic E-state index is 11.7. The Morgan fingerprint density at radius 2 is 2.21 bits per heavy atom. The van der Waals surface area contributed by atoms with Crippen molar-refractivity contribution in [2.75, 3.05) is 6.54 Å². The number of halogens is 1. The second kappa shape index (κ2) is 6.72. The van der Waals surface area contributed by atoms with Crippen molar-refractivity contribution in [2.45, 2.75) is 45.8 Å². The number of nitrogens with one attached hydrogen (secondary N) is 1. The van der Waals surface area contributed by atoms with Gasteiger partial charge in [0.1, 0.15) is 5.60 Å². The number of amides is 1. The van der Waals surface area contributed by atoms with Crippen molar-refractivity contribution in [1.29, 1.82) is 0 Å². The first-order chi connectivity index (χ1) is 8.71. The molecule has 1 atom stereocenters. The number of aryl methyl sites for hydroxylation is 1. The van der Waals surface area contributed by atoms with E-state index in [1.54, 1.807) is 11.3 Å². The Kier molecular flexibility index (Phi) is 5.82. The zero-order valence-corrected chi connectivity index (χ0v) is 14.2. The van der Waals surface area contributed by atoms with Gasteiger partial charge in [0.25, 0.3) is 0 Å². The van der Waals surface area contributed by atoms with Gasteiger partial charge in [-0.05, 0) is 49.7 Å². The molecule has 0 aliphatic heterocycles. The van der Waals surface area contributed by atoms with Crippen molar-refractivity contribution in [3.05, 3.63) is 20.3 Å². The van der Waals surface area contributed by atoms with Gasteiger partial charge in [-0.25, -0.2) is 4.79 Å². The van der Waals surface area contributed by atoms with Crippen molar-refractivity contribution in [3.63, 3.8) is 0 Å². The van der Waals surface area contributed by atoms with Crippen LogP contribution in [0, 0.1) is 6.92 Å². The summed E-state index contributed by atoms with van der Waals surface area (Å²) in [5.74, 6) is 0. The predicted molar refractivity (Wildman–Crippen MR) is 82.7 cm³/mol. The van der Waals surface area contributed by atoms with E-state index < -0.39 is 11.7 Å². The van der Waals surface area contributed by atoms with Gasteiger partial charge in [0.15, 0.2) is 0 Å². The highest BCUT2D eigenvalue weighted by Gasteiger charge is 2.20. The minimum absolute atomic E-state index is 0.121. The summed E-state index contributed by atoms with van der Waals surface area (Å²) in [6, 6.07) is 1.95. The van der Waals surface area contributed by atoms with Gasteiger partial charge in [-0.15, -0.1) is 11.3 Å². The maximum Gasteiger partial charge on any atom is 0.407 e. The van der Waals surface area contributed by atoms with Crippen LogP contribution in [0.2, 0.25) is 0 Å². The van der Waals surface area contributed by atoms with E-state index in [1.165, 1.54) is 9.75 Å². The fraction of sp³-hybridized carbons (Fsp3) is 0.615. The van der Waals surface area contributed by atoms with Gasteiger partial charge in [0.2, 0.25) is 0 Å². The van der Waals surface area contributed by atoms with Crippen LogP contribution in [0.25, 0.3) is 0 Å². The van der Waals surface area contributed by atoms with Gasteiger partial charge in [0.05, 0.1) is 0 Å². The highest BCUT2D eigenvalue weighted by Crippen LogP contribution is 2.27. The van der Waals surface area contributed by atoms with Crippen molar-refractivity contribution < 1.29 is 9.53 Å². The average molecular weight is 349 g/mol. The number of ether oxygens (including phenoxy) is 1. The van der Waals surface area contributed by atoms with Crippen LogP contribution in [0.15, 0.2) is 10.5 Å². The topological polar surface area (TPSA) is 64.3 Å². The van der Waals surface area contributed by atoms with Gasteiger partial charge in [-0.2, -0.15) is 0 Å². The van der Waals surface area contributed by atoms with Crippen LogP contribution in [-0.4, -0.2) is 24.3 Å². The summed E-state index contributed by atoms with van der Waals surface area (Å²) in [4.78, 5) is 14.1. The predicted octanol–water partition coefficient (Wildman–Crippen LogP) is 3.21. The largest absolute Gasteiger partial charge is 0.444 e. The van der Waals surface area contributed by atoms with E-state index in [2.05, 4.69) is 34.2 Å². The number of rotatable bonds is 4. The molecule has 0 saturated heterocycles. The standard InChI is InChI=1S/C13H21BrN2O2S/c1-8-5-10(14)11(19-8)6-9(7-15)16-12(17)18-13(2,3)4/h5,9H,6-7,15H2,1-4H3,(H,16,17). The summed E-state index contributed by atoms with van der Waals surface area (Å²) in [5, 5.41) is 2.81. The van der Waals surface area contributed by atoms with Crippen molar-refractivity contribution in [2.24, 2.45) is 5.73 Å². The van der Waals surface area contributed by atoms with Gasteiger partial charge >= 0.3 is 6.09 Å². The molecular weight excluding hydrogens is 328 g/mol. The molecule has 0 radical (unpaired) electrons. The fourth-order valence-electron chi connectivity index (χ4n) is 1.56. The van der Waals surface area contributed by atoms with E-state index in [0.717, 1.165) is 4.47 Å². The molecule has 0 fully saturated rings. The molecule has 4 nitrogen and oxygen atoms in total. The number of hydrogen-bond donors (Lipinski definition) is 2. The summed E-state index contributed by atoms with van der Waals surface area (Å²) in [6.07, 6.45) is 0.279. The lowest BCUT2D eigenvalue weighted by molar-refractivity contribution is 0.0506. The molecule has 1 heterocycles. The maximum absolute atomic E-state index is 11.7. The molecule has 6 heteroatoms. The van der Waals surface area contributed by atoms with Crippen molar-refractivity contribution >= 4 is 33.4 Å². The minimum Gasteiger partial charge on any atom is -0.444 e. The lowest BCUT2D eigenvalue weighted by atomic mass is 10.2. The number of nitrogens with two attached hydrogens (primary N) is 1. The Labute approximate surface area is 126 Å². The number of carbonyl (C=O) groups excluding carboxylic acids is 1. The molecule has 0 aromatic carbocycles. The molecule has 0 spiro atoms. The SMILES string of the molecule is Cc1cc(Br)c(CC(CN)NC(=O)OC(C)(C)C)s1. The van der Waals surface area contributed by atoms with Crippen LogP contribution < -0.4 is 11.1 Å². The van der Waals surface area contributed by atoms with Gasteiger partial charge < -0.3 is 15.8 Å². The highest BCUT2D eigenvalue weighted by atomic mass is 79.9. The third kappa shape index (κ3) is 5.93. The molecule has 3 N–H and O–H groups in total. The second-order valence-corrected chi connectivity index (χ2v) is 7.61. The van der Waals surface area contributed by atoms with Crippen LogP contribution in [0.1, 0.15) is 30.5 Å². The monoisotopic (exact) mass is 348 g/mol. The molecule has 1 aromatic heterocycles. The van der Waals surface area contributed by atoms with Crippen LogP contribution in [0.4, 0.5) is 4.79 Å². The van der Waals surface area contributed by atoms with E-state index in [1.807, 2.05) is 20.8 Å². The Hall–Kier alpha value is -0.590. The number of alkyl carbamates (subject to hydrolysis) is 1. The Balaban J connectivity index is 2.59. The molecular formula is C13H21BrN2O2S. The molecule has 0 saturated carbocycles. The van der Waals surface area contributed by atoms with Crippen LogP contribution >= 0.6 is 27.3 Å². The molecule has 19 heavy (non-hydrogen) atoms. The normalized spacial score (nSPS) is 13.2. The smallest absolute Gasteiger partial charge is 0.407 e. The zero-order valence-electron chi connectivity index (χ0n) is 11.7. The van der Waals surface area contributed by atoms with E-state index >= 15 is 0 Å². The van der Waals surface area contributed by atoms with E-state index in [-0.39, 0.29) is 6.04 Å². The number of carbonyl (C=O) groups is 1. The molecule has 1 rings (SSSR count). The third-order valence-electron chi connectivity index (χ3n) is 2.32. The molecule has 108 valence electrons. The summed E-state index contributed by atoms with van der Waals surface area (Å²) in [6.45, 7) is 7.94. The summed E-state index contributed by atoms with van der Waals surface area (Å²) >= 11 is 5.22. The Bertz CT molecular complexity index is 440. The Morgan fingerprint density at radius 3 is 2.63 bits per heavy atom. The highest BCUT2D eigenvalue weighted by molar-refractivity contribution is 9.10. The summed E-state index contributed by atoms with van der Waals surface area (Å²) < 4.78 is 6.30. The van der Waals surface area contributed by atoms with Crippen LogP contribution in [0.3, 0.4) is 0 Å². The first-order valence-electron chi connectivity index (χ1n) is 6.15. The molecule has 1 amide bonds. The van der Waals surface area contributed by atoms with Crippen molar-refractivity contribution in [1.82, 2.24) is 5.32 Å². The fourth-order valence-corrected chi connectivity index (χ4v) is 3.47. The summed E-state index contributed by atoms with van der Waals surface area (Å²) in [7, 11) is 0. The Morgan fingerprint density at radius 1 is 1.58 bits per heavy atom. The van der Waals surface area contributed by atoms with Crippen molar-refractivity contribution in [3.8, 4) is 0 Å². The van der Waals surface area contributed by atoms with Crippen LogP contribution in [0.5, 0.6) is 0 Å². The molecule has 1 aromatic rings. The first-order valence-corrected chi connectivity index (χ1v) is 7.76. The van der Waals surface area contributed by atoms with Gasteiger partial charge in [-0.3, -0.25) is 0 Å². The molecule has 0 bridgehead atoms. The van der Waals surface area contributed by atoms with Gasteiger partial charge in [-0.1, -0.05) is 0 Å². The van der Waals surface area contributed by atoms with E-state index in [0.29, 0.717) is 13.0 Å².